The van der Waals surface area contributed by atoms with Gasteiger partial charge in [-0.3, -0.25) is 0 Å². The lowest BCUT2D eigenvalue weighted by Crippen LogP contribution is -2.41. The molecule has 0 radical (unpaired) electrons. The normalized spacial score (nSPS) is 23.9. The van der Waals surface area contributed by atoms with E-state index in [0.29, 0.717) is 31.3 Å². The second kappa shape index (κ2) is 10.9. The number of ether oxygens (including phenoxy) is 3. The first-order valence-corrected chi connectivity index (χ1v) is 13.1. The van der Waals surface area contributed by atoms with Crippen LogP contribution in [0.15, 0.2) is 78.2 Å². The Morgan fingerprint density at radius 2 is 1.91 bits per heavy atom. The lowest BCUT2D eigenvalue weighted by molar-refractivity contribution is -0.153. The third-order valence-electron chi connectivity index (χ3n) is 6.62. The summed E-state index contributed by atoms with van der Waals surface area (Å²) in [5.74, 6) is 0.632. The molecule has 35 heavy (non-hydrogen) atoms. The first-order chi connectivity index (χ1) is 17.2. The molecule has 0 bridgehead atoms. The minimum Gasteiger partial charge on any atom is -0.464 e. The van der Waals surface area contributed by atoms with E-state index in [4.69, 9.17) is 14.2 Å². The van der Waals surface area contributed by atoms with Crippen molar-refractivity contribution in [2.45, 2.75) is 43.3 Å². The molecule has 3 aromatic carbocycles. The summed E-state index contributed by atoms with van der Waals surface area (Å²) >= 11 is 1.36. The zero-order valence-electron chi connectivity index (χ0n) is 19.9. The lowest BCUT2D eigenvalue weighted by atomic mass is 9.87. The largest absolute Gasteiger partial charge is 0.464 e. The molecule has 0 spiro atoms. The van der Waals surface area contributed by atoms with Crippen molar-refractivity contribution in [3.63, 3.8) is 0 Å². The maximum absolute atomic E-state index is 12.6. The Balaban J connectivity index is 1.26. The zero-order valence-corrected chi connectivity index (χ0v) is 20.8. The summed E-state index contributed by atoms with van der Waals surface area (Å²) in [6.07, 6.45) is 3.54. The Morgan fingerprint density at radius 1 is 1.09 bits per heavy atom. The lowest BCUT2D eigenvalue weighted by Gasteiger charge is -2.33. The van der Waals surface area contributed by atoms with Crippen molar-refractivity contribution < 1.29 is 19.0 Å². The molecule has 2 aliphatic rings. The highest BCUT2D eigenvalue weighted by Crippen LogP contribution is 2.40. The minimum absolute atomic E-state index is 0.0856. The fourth-order valence-corrected chi connectivity index (χ4v) is 5.69. The average Bonchev–Trinajstić information content (AvgIpc) is 3.38. The molecule has 2 heterocycles. The molecule has 1 fully saturated rings. The van der Waals surface area contributed by atoms with Crippen LogP contribution in [-0.2, 0) is 20.9 Å². The van der Waals surface area contributed by atoms with E-state index in [1.54, 1.807) is 0 Å². The molecule has 0 saturated carbocycles. The number of hydrogen-bond donors (Lipinski definition) is 1. The number of carbonyl (C=O) groups excluding carboxylic acids is 1. The van der Waals surface area contributed by atoms with Gasteiger partial charge in [-0.15, -0.1) is 0 Å². The molecule has 5 nitrogen and oxygen atoms in total. The quantitative estimate of drug-likeness (QED) is 0.404. The molecule has 0 amide bonds. The van der Waals surface area contributed by atoms with Crippen LogP contribution < -0.4 is 10.1 Å². The summed E-state index contributed by atoms with van der Waals surface area (Å²) in [7, 11) is 0. The van der Waals surface area contributed by atoms with Crippen molar-refractivity contribution >= 4 is 28.5 Å². The number of fused-ring (bicyclic) bond motifs is 1. The number of benzene rings is 3. The van der Waals surface area contributed by atoms with Gasteiger partial charge in [0.15, 0.2) is 0 Å². The molecule has 1 N–H and O–H groups in total. The van der Waals surface area contributed by atoms with Crippen molar-refractivity contribution in [1.82, 2.24) is 5.32 Å². The van der Waals surface area contributed by atoms with E-state index in [2.05, 4.69) is 59.9 Å². The van der Waals surface area contributed by atoms with Crippen LogP contribution in [0.3, 0.4) is 0 Å². The summed E-state index contributed by atoms with van der Waals surface area (Å²) in [6, 6.07) is 23.0. The molecule has 0 aliphatic carbocycles. The van der Waals surface area contributed by atoms with Crippen LogP contribution in [0.4, 0.5) is 0 Å². The van der Waals surface area contributed by atoms with Gasteiger partial charge >= 0.3 is 5.97 Å². The van der Waals surface area contributed by atoms with Crippen LogP contribution in [0, 0.1) is 0 Å². The highest BCUT2D eigenvalue weighted by Gasteiger charge is 2.44. The van der Waals surface area contributed by atoms with E-state index >= 15 is 0 Å². The molecule has 182 valence electrons. The van der Waals surface area contributed by atoms with Crippen LogP contribution >= 0.6 is 11.8 Å². The van der Waals surface area contributed by atoms with Crippen LogP contribution in [-0.4, -0.2) is 36.7 Å². The number of carbonyl (C=O) groups is 1. The van der Waals surface area contributed by atoms with Gasteiger partial charge in [0.05, 0.1) is 19.3 Å². The SMILES string of the molecule is CCOC(=O)C1(Oc2ccc(C3CCNCC3OCc3ccc4ccccc4c3)cc2)CC=CS1. The standard InChI is InChI=1S/C29H31NO4S/c1-2-32-28(31)29(15-5-17-35-29)34-25-12-10-23(11-13-25)26-14-16-30-19-27(26)33-20-21-8-9-22-6-3-4-7-24(22)18-21/h3-13,17-18,26-27,30H,2,14-16,19-20H2,1H3. The van der Waals surface area contributed by atoms with E-state index in [1.807, 2.05) is 30.5 Å². The third kappa shape index (κ3) is 5.40. The first-order valence-electron chi connectivity index (χ1n) is 12.3. The monoisotopic (exact) mass is 489 g/mol. The molecule has 3 atom stereocenters. The number of nitrogens with one attached hydrogen (secondary N) is 1. The van der Waals surface area contributed by atoms with Gasteiger partial charge in [-0.2, -0.15) is 0 Å². The third-order valence-corrected chi connectivity index (χ3v) is 7.75. The topological polar surface area (TPSA) is 56.8 Å². The Labute approximate surface area is 210 Å². The van der Waals surface area contributed by atoms with Crippen molar-refractivity contribution in [3.05, 3.63) is 89.3 Å². The molecule has 3 unspecified atom stereocenters. The summed E-state index contributed by atoms with van der Waals surface area (Å²) in [5.41, 5.74) is 2.41. The Hall–Kier alpha value is -2.80. The van der Waals surface area contributed by atoms with E-state index in [0.717, 1.165) is 19.5 Å². The first kappa shape index (κ1) is 23.9. The molecule has 0 aromatic heterocycles. The maximum Gasteiger partial charge on any atom is 0.362 e. The predicted molar refractivity (Wildman–Crippen MR) is 141 cm³/mol. The molecular weight excluding hydrogens is 458 g/mol. The number of thioether (sulfide) groups is 1. The fraction of sp³-hybridized carbons (Fsp3) is 0.345. The van der Waals surface area contributed by atoms with E-state index in [9.17, 15) is 4.79 Å². The highest BCUT2D eigenvalue weighted by atomic mass is 32.2. The minimum atomic E-state index is -1.03. The molecule has 6 heteroatoms. The van der Waals surface area contributed by atoms with Crippen molar-refractivity contribution in [2.24, 2.45) is 0 Å². The highest BCUT2D eigenvalue weighted by molar-refractivity contribution is 8.04. The van der Waals surface area contributed by atoms with Gasteiger partial charge in [-0.25, -0.2) is 4.79 Å². The van der Waals surface area contributed by atoms with Gasteiger partial charge in [0.25, 0.3) is 4.93 Å². The van der Waals surface area contributed by atoms with Gasteiger partial charge in [-0.05, 0) is 65.4 Å². The van der Waals surface area contributed by atoms with Gasteiger partial charge in [-0.1, -0.05) is 66.4 Å². The van der Waals surface area contributed by atoms with Crippen LogP contribution in [0.2, 0.25) is 0 Å². The molecular formula is C29H31NO4S. The van der Waals surface area contributed by atoms with Crippen LogP contribution in [0.25, 0.3) is 10.8 Å². The number of hydrogen-bond acceptors (Lipinski definition) is 6. The van der Waals surface area contributed by atoms with E-state index in [1.165, 1.54) is 33.7 Å². The number of piperidine rings is 1. The predicted octanol–water partition coefficient (Wildman–Crippen LogP) is 5.79. The Morgan fingerprint density at radius 3 is 2.69 bits per heavy atom. The molecule has 2 aliphatic heterocycles. The zero-order chi connectivity index (χ0) is 24.1. The summed E-state index contributed by atoms with van der Waals surface area (Å²) < 4.78 is 17.9. The second-order valence-corrected chi connectivity index (χ2v) is 10.1. The molecule has 3 aromatic rings. The van der Waals surface area contributed by atoms with E-state index in [-0.39, 0.29) is 12.1 Å². The van der Waals surface area contributed by atoms with Gasteiger partial charge in [0, 0.05) is 18.9 Å². The van der Waals surface area contributed by atoms with E-state index < -0.39 is 4.93 Å². The van der Waals surface area contributed by atoms with Crippen molar-refractivity contribution in [3.8, 4) is 5.75 Å². The summed E-state index contributed by atoms with van der Waals surface area (Å²) in [6.45, 7) is 4.52. The van der Waals surface area contributed by atoms with Gasteiger partial charge in [0.1, 0.15) is 5.75 Å². The van der Waals surface area contributed by atoms with Crippen molar-refractivity contribution in [2.75, 3.05) is 19.7 Å². The fourth-order valence-electron chi connectivity index (χ4n) is 4.78. The van der Waals surface area contributed by atoms with Gasteiger partial charge < -0.3 is 19.5 Å². The van der Waals surface area contributed by atoms with Gasteiger partial charge in [0.2, 0.25) is 0 Å². The Bertz CT molecular complexity index is 1180. The summed E-state index contributed by atoms with van der Waals surface area (Å²) in [5, 5.41) is 7.86. The second-order valence-electron chi connectivity index (χ2n) is 8.97. The molecule has 5 rings (SSSR count). The smallest absolute Gasteiger partial charge is 0.362 e. The summed E-state index contributed by atoms with van der Waals surface area (Å²) in [4.78, 5) is 11.5. The number of rotatable bonds is 8. The van der Waals surface area contributed by atoms with Crippen LogP contribution in [0.1, 0.15) is 36.8 Å². The van der Waals surface area contributed by atoms with Crippen LogP contribution in [0.5, 0.6) is 5.75 Å². The molecule has 1 saturated heterocycles. The van der Waals surface area contributed by atoms with Crippen molar-refractivity contribution in [1.29, 1.82) is 0 Å². The maximum atomic E-state index is 12.6. The average molecular weight is 490 g/mol. The number of esters is 1. The Kier molecular flexibility index (Phi) is 7.42.